The van der Waals surface area contributed by atoms with Gasteiger partial charge < -0.3 is 5.11 Å². The molecule has 1 aliphatic rings. The van der Waals surface area contributed by atoms with Crippen LogP contribution in [-0.4, -0.2) is 9.78 Å². The van der Waals surface area contributed by atoms with E-state index in [0.29, 0.717) is 3.95 Å². The van der Waals surface area contributed by atoms with E-state index < -0.39 is 0 Å². The highest BCUT2D eigenvalue weighted by Crippen LogP contribution is 2.19. The van der Waals surface area contributed by atoms with Crippen LogP contribution in [0.1, 0.15) is 0 Å². The van der Waals surface area contributed by atoms with E-state index in [0.717, 1.165) is 5.57 Å². The zero-order valence-electron chi connectivity index (χ0n) is 7.25. The van der Waals surface area contributed by atoms with Gasteiger partial charge in [0, 0.05) is 12.4 Å². The zero-order chi connectivity index (χ0) is 10.1. The fourth-order valence-electron chi connectivity index (χ4n) is 1.09. The van der Waals surface area contributed by atoms with Gasteiger partial charge in [0.1, 0.15) is 0 Å². The van der Waals surface area contributed by atoms with Gasteiger partial charge in [0.25, 0.3) is 0 Å². The van der Waals surface area contributed by atoms with Crippen molar-refractivity contribution in [1.29, 1.82) is 0 Å². The van der Waals surface area contributed by atoms with Gasteiger partial charge in [-0.25, -0.2) is 0 Å². The van der Waals surface area contributed by atoms with Crippen molar-refractivity contribution in [1.82, 2.24) is 4.68 Å². The van der Waals surface area contributed by atoms with Gasteiger partial charge in [-0.1, -0.05) is 6.58 Å². The highest BCUT2D eigenvalue weighted by molar-refractivity contribution is 7.73. The summed E-state index contributed by atoms with van der Waals surface area (Å²) < 4.78 is 2.14. The van der Waals surface area contributed by atoms with Gasteiger partial charge in [0.15, 0.2) is 3.95 Å². The smallest absolute Gasteiger partial charge is 0.223 e. The lowest BCUT2D eigenvalue weighted by molar-refractivity contribution is 0.424. The topological polar surface area (TPSA) is 28.4 Å². The average molecular weight is 224 g/mol. The molecule has 0 spiro atoms. The van der Waals surface area contributed by atoms with E-state index in [1.807, 2.05) is 12.2 Å². The normalized spacial score (nSPS) is 15.1. The van der Waals surface area contributed by atoms with E-state index in [2.05, 4.69) is 6.58 Å². The third kappa shape index (κ3) is 1.51. The van der Waals surface area contributed by atoms with Crippen LogP contribution in [0.2, 0.25) is 0 Å². The molecule has 0 fully saturated rings. The molecule has 0 radical (unpaired) electrons. The highest BCUT2D eigenvalue weighted by Gasteiger charge is 2.08. The molecule has 0 unspecified atom stereocenters. The van der Waals surface area contributed by atoms with Crippen molar-refractivity contribution in [2.75, 3.05) is 5.01 Å². The van der Waals surface area contributed by atoms with E-state index in [1.54, 1.807) is 27.5 Å². The summed E-state index contributed by atoms with van der Waals surface area (Å²) in [7, 11) is 0. The maximum Gasteiger partial charge on any atom is 0.223 e. The summed E-state index contributed by atoms with van der Waals surface area (Å²) >= 11 is 6.39. The van der Waals surface area contributed by atoms with Gasteiger partial charge in [0.2, 0.25) is 5.88 Å². The standard InChI is InChI=1S/C9H8N2OS2/c1-7-2-4-10(5-3-7)11-8(12)6-14-9(11)13/h2-6,12H,1H2. The molecule has 2 heterocycles. The fraction of sp³-hybridized carbons (Fsp3) is 0. The molecule has 1 aromatic heterocycles. The molecule has 0 aromatic carbocycles. The first kappa shape index (κ1) is 9.23. The number of nitrogens with zero attached hydrogens (tertiary/aromatic N) is 2. The summed E-state index contributed by atoms with van der Waals surface area (Å²) in [5.41, 5.74) is 0.919. The van der Waals surface area contributed by atoms with Crippen LogP contribution < -0.4 is 5.01 Å². The minimum atomic E-state index is 0.141. The first-order chi connectivity index (χ1) is 6.68. The Morgan fingerprint density at radius 1 is 1.36 bits per heavy atom. The first-order valence-corrected chi connectivity index (χ1v) is 5.21. The molecule has 0 saturated carbocycles. The van der Waals surface area contributed by atoms with Crippen molar-refractivity contribution < 1.29 is 5.11 Å². The van der Waals surface area contributed by atoms with Crippen LogP contribution >= 0.6 is 23.6 Å². The largest absolute Gasteiger partial charge is 0.493 e. The third-order valence-corrected chi connectivity index (χ3v) is 2.93. The molecule has 5 heteroatoms. The Balaban J connectivity index is 2.42. The molecule has 3 nitrogen and oxygen atoms in total. The van der Waals surface area contributed by atoms with E-state index >= 15 is 0 Å². The summed E-state index contributed by atoms with van der Waals surface area (Å²) in [6.07, 6.45) is 7.28. The third-order valence-electron chi connectivity index (χ3n) is 1.77. The van der Waals surface area contributed by atoms with Crippen LogP contribution in [0, 0.1) is 3.95 Å². The molecule has 14 heavy (non-hydrogen) atoms. The molecular weight excluding hydrogens is 216 g/mol. The fourth-order valence-corrected chi connectivity index (χ4v) is 2.02. The zero-order valence-corrected chi connectivity index (χ0v) is 8.88. The Labute approximate surface area is 90.5 Å². The summed E-state index contributed by atoms with van der Waals surface area (Å²) in [5, 5.41) is 12.8. The summed E-state index contributed by atoms with van der Waals surface area (Å²) in [6.45, 7) is 3.78. The Morgan fingerprint density at radius 2 is 2.00 bits per heavy atom. The molecule has 0 atom stereocenters. The first-order valence-electron chi connectivity index (χ1n) is 3.92. The van der Waals surface area contributed by atoms with Gasteiger partial charge in [-0.3, -0.25) is 5.01 Å². The van der Waals surface area contributed by atoms with Crippen molar-refractivity contribution in [2.45, 2.75) is 0 Å². The van der Waals surface area contributed by atoms with Gasteiger partial charge in [0.05, 0.1) is 5.38 Å². The van der Waals surface area contributed by atoms with Crippen LogP contribution in [0.15, 0.2) is 42.1 Å². The highest BCUT2D eigenvalue weighted by atomic mass is 32.1. The van der Waals surface area contributed by atoms with Crippen molar-refractivity contribution in [2.24, 2.45) is 0 Å². The molecule has 2 rings (SSSR count). The van der Waals surface area contributed by atoms with Crippen molar-refractivity contribution in [3.63, 3.8) is 0 Å². The van der Waals surface area contributed by atoms with Crippen LogP contribution in [0.5, 0.6) is 5.88 Å². The number of aromatic nitrogens is 1. The average Bonchev–Trinajstić information content (AvgIpc) is 2.49. The second kappa shape index (κ2) is 3.43. The molecule has 1 N–H and O–H groups in total. The SMILES string of the molecule is C=C1C=CN(n2c(O)csc2=S)C=C1. The second-order valence-electron chi connectivity index (χ2n) is 2.76. The monoisotopic (exact) mass is 224 g/mol. The lowest BCUT2D eigenvalue weighted by Crippen LogP contribution is -2.23. The van der Waals surface area contributed by atoms with E-state index in [4.69, 9.17) is 12.2 Å². The molecule has 0 aliphatic carbocycles. The second-order valence-corrected chi connectivity index (χ2v) is 4.26. The van der Waals surface area contributed by atoms with Gasteiger partial charge in [-0.2, -0.15) is 4.68 Å². The van der Waals surface area contributed by atoms with Crippen molar-refractivity contribution in [3.8, 4) is 5.88 Å². The van der Waals surface area contributed by atoms with E-state index in [9.17, 15) is 5.11 Å². The van der Waals surface area contributed by atoms with Gasteiger partial charge >= 0.3 is 0 Å². The van der Waals surface area contributed by atoms with Gasteiger partial charge in [-0.05, 0) is 29.9 Å². The van der Waals surface area contributed by atoms with Crippen molar-refractivity contribution >= 4 is 23.6 Å². The summed E-state index contributed by atoms with van der Waals surface area (Å²) in [4.78, 5) is 0. The molecule has 1 aromatic rings. The van der Waals surface area contributed by atoms with E-state index in [1.165, 1.54) is 11.3 Å². The molecule has 0 bridgehead atoms. The van der Waals surface area contributed by atoms with E-state index in [-0.39, 0.29) is 5.88 Å². The molecule has 0 amide bonds. The molecule has 1 aliphatic heterocycles. The maximum atomic E-state index is 9.52. The van der Waals surface area contributed by atoms with Crippen LogP contribution in [0.4, 0.5) is 0 Å². The number of aromatic hydroxyl groups is 1. The minimum Gasteiger partial charge on any atom is -0.493 e. The lowest BCUT2D eigenvalue weighted by Gasteiger charge is -2.19. The number of hydrogen-bond acceptors (Lipinski definition) is 4. The van der Waals surface area contributed by atoms with Crippen LogP contribution in [-0.2, 0) is 0 Å². The number of hydrogen-bond donors (Lipinski definition) is 1. The quantitative estimate of drug-likeness (QED) is 0.743. The molecule has 72 valence electrons. The number of thiazole rings is 1. The van der Waals surface area contributed by atoms with Crippen LogP contribution in [0.3, 0.4) is 0 Å². The van der Waals surface area contributed by atoms with Crippen LogP contribution in [0.25, 0.3) is 0 Å². The number of allylic oxidation sites excluding steroid dienone is 3. The van der Waals surface area contributed by atoms with Crippen molar-refractivity contribution in [3.05, 3.63) is 46.0 Å². The minimum absolute atomic E-state index is 0.141. The number of rotatable bonds is 1. The van der Waals surface area contributed by atoms with Gasteiger partial charge in [-0.15, -0.1) is 11.3 Å². The Hall–Kier alpha value is -1.33. The Morgan fingerprint density at radius 3 is 2.50 bits per heavy atom. The predicted molar refractivity (Wildman–Crippen MR) is 60.4 cm³/mol. The predicted octanol–water partition coefficient (Wildman–Crippen LogP) is 2.52. The molecular formula is C9H8N2OS2. The Bertz CT molecular complexity index is 465. The summed E-state index contributed by atoms with van der Waals surface area (Å²) in [6, 6.07) is 0. The maximum absolute atomic E-state index is 9.52. The Kier molecular flexibility index (Phi) is 2.26. The lowest BCUT2D eigenvalue weighted by atomic mass is 10.2. The summed E-state index contributed by atoms with van der Waals surface area (Å²) in [5.74, 6) is 0.141. The molecule has 0 saturated heterocycles.